The summed E-state index contributed by atoms with van der Waals surface area (Å²) in [5, 5.41) is 43.8. The molecule has 1 saturated heterocycles. The van der Waals surface area contributed by atoms with E-state index in [0.29, 0.717) is 17.7 Å². The van der Waals surface area contributed by atoms with Crippen molar-refractivity contribution in [3.63, 3.8) is 0 Å². The summed E-state index contributed by atoms with van der Waals surface area (Å²) in [4.78, 5) is 49.0. The van der Waals surface area contributed by atoms with Gasteiger partial charge in [-0.2, -0.15) is 0 Å². The molecule has 0 saturated carbocycles. The molecule has 13 heteroatoms. The molecule has 0 aromatic heterocycles. The molecule has 0 spiro atoms. The minimum absolute atomic E-state index is 0.283. The van der Waals surface area contributed by atoms with Crippen molar-refractivity contribution in [3.8, 4) is 0 Å². The largest absolute Gasteiger partial charge is 0.382 e. The molecule has 6 atom stereocenters. The molecule has 1 fully saturated rings. The molecule has 1 unspecified atom stereocenters. The standard InChI is InChI=1S/C17H26O11S2/c1-8(18)13(22)14-16(24,10(3)20)17(25,11(4)21)15(23,9(2)19)12(28-14)6-7-29-30(5,26)27/h12-14,22-25H,6-7H2,1-5H3/t12-,13?,14+,15-,16-,17+/m0/s1. The molecule has 0 radical (unpaired) electrons. The van der Waals surface area contributed by atoms with Crippen molar-refractivity contribution >= 4 is 42.8 Å². The molecule has 1 rings (SSSR count). The lowest BCUT2D eigenvalue weighted by Gasteiger charge is -2.58. The highest BCUT2D eigenvalue weighted by molar-refractivity contribution is 8.71. The van der Waals surface area contributed by atoms with E-state index in [2.05, 4.69) is 0 Å². The maximum Gasteiger partial charge on any atom is 0.199 e. The lowest BCUT2D eigenvalue weighted by Crippen LogP contribution is -2.87. The Bertz CT molecular complexity index is 854. The van der Waals surface area contributed by atoms with Crippen LogP contribution in [0.15, 0.2) is 0 Å². The maximum atomic E-state index is 12.5. The van der Waals surface area contributed by atoms with Crippen LogP contribution in [0, 0.1) is 0 Å². The highest BCUT2D eigenvalue weighted by atomic mass is 33.1. The molecule has 0 amide bonds. The molecule has 0 bridgehead atoms. The first-order valence-electron chi connectivity index (χ1n) is 8.77. The molecule has 30 heavy (non-hydrogen) atoms. The molecule has 0 aromatic rings. The van der Waals surface area contributed by atoms with Gasteiger partial charge in [0.1, 0.15) is 12.2 Å². The smallest absolute Gasteiger partial charge is 0.199 e. The molecular formula is C17H26O11S2. The van der Waals surface area contributed by atoms with Gasteiger partial charge in [-0.15, -0.1) is 0 Å². The second-order valence-corrected chi connectivity index (χ2v) is 11.9. The number of aliphatic hydroxyl groups excluding tert-OH is 1. The van der Waals surface area contributed by atoms with Crippen molar-refractivity contribution in [1.29, 1.82) is 0 Å². The first kappa shape index (κ1) is 26.8. The first-order valence-corrected chi connectivity index (χ1v) is 12.2. The fourth-order valence-electron chi connectivity index (χ4n) is 3.68. The van der Waals surface area contributed by atoms with Crippen molar-refractivity contribution < 1.29 is 52.8 Å². The van der Waals surface area contributed by atoms with Gasteiger partial charge in [0.15, 0.2) is 48.8 Å². The molecule has 0 aliphatic carbocycles. The number of carbonyl (C=O) groups is 4. The average Bonchev–Trinajstić information content (AvgIpc) is 2.59. The van der Waals surface area contributed by atoms with Crippen LogP contribution < -0.4 is 0 Å². The summed E-state index contributed by atoms with van der Waals surface area (Å²) in [5.74, 6) is -5.29. The van der Waals surface area contributed by atoms with E-state index in [4.69, 9.17) is 4.74 Å². The van der Waals surface area contributed by atoms with Crippen LogP contribution in [0.4, 0.5) is 0 Å². The molecular weight excluding hydrogens is 444 g/mol. The Balaban J connectivity index is 3.78. The third-order valence-electron chi connectivity index (χ3n) is 5.26. The molecule has 1 aliphatic heterocycles. The number of rotatable bonds is 9. The number of hydrogen-bond acceptors (Lipinski definition) is 12. The third-order valence-corrected chi connectivity index (χ3v) is 7.87. The Kier molecular flexibility index (Phi) is 7.80. The predicted octanol–water partition coefficient (Wildman–Crippen LogP) is -2.25. The van der Waals surface area contributed by atoms with Gasteiger partial charge in [-0.3, -0.25) is 19.2 Å². The van der Waals surface area contributed by atoms with E-state index in [0.717, 1.165) is 27.0 Å². The summed E-state index contributed by atoms with van der Waals surface area (Å²) < 4.78 is 28.1. The van der Waals surface area contributed by atoms with Gasteiger partial charge in [0.25, 0.3) is 0 Å². The highest BCUT2D eigenvalue weighted by Crippen LogP contribution is 2.48. The molecule has 0 aromatic carbocycles. The lowest BCUT2D eigenvalue weighted by molar-refractivity contribution is -0.327. The Morgan fingerprint density at radius 1 is 0.967 bits per heavy atom. The minimum Gasteiger partial charge on any atom is -0.382 e. The summed E-state index contributed by atoms with van der Waals surface area (Å²) in [6.07, 6.45) is -5.85. The van der Waals surface area contributed by atoms with Crippen LogP contribution in [0.2, 0.25) is 0 Å². The number of ketones is 4. The SMILES string of the molecule is CC(=O)C(O)[C@H]1O[C@@H](CCSS(C)(=O)=O)[C@@](O)(C(C)=O)[C@](O)(C(C)=O)[C@]1(O)C(C)=O. The fourth-order valence-corrected chi connectivity index (χ4v) is 5.49. The van der Waals surface area contributed by atoms with Crippen LogP contribution in [-0.2, 0) is 32.8 Å². The van der Waals surface area contributed by atoms with Crippen LogP contribution in [0.5, 0.6) is 0 Å². The van der Waals surface area contributed by atoms with Gasteiger partial charge in [-0.05, 0) is 44.9 Å². The van der Waals surface area contributed by atoms with Gasteiger partial charge < -0.3 is 25.2 Å². The van der Waals surface area contributed by atoms with Crippen molar-refractivity contribution in [2.75, 3.05) is 12.0 Å². The number of hydrogen-bond donors (Lipinski definition) is 4. The fraction of sp³-hybridized carbons (Fsp3) is 0.765. The molecule has 172 valence electrons. The summed E-state index contributed by atoms with van der Waals surface area (Å²) in [6, 6.07) is 0. The monoisotopic (exact) mass is 470 g/mol. The second kappa shape index (κ2) is 8.73. The van der Waals surface area contributed by atoms with Gasteiger partial charge in [0.05, 0.1) is 6.10 Å². The number of carbonyl (C=O) groups excluding carboxylic acids is 4. The predicted molar refractivity (Wildman–Crippen MR) is 104 cm³/mol. The molecule has 1 heterocycles. The first-order chi connectivity index (χ1) is 13.4. The maximum absolute atomic E-state index is 12.5. The van der Waals surface area contributed by atoms with Crippen LogP contribution in [0.3, 0.4) is 0 Å². The summed E-state index contributed by atoms with van der Waals surface area (Å²) in [5.41, 5.74) is -10.1. The summed E-state index contributed by atoms with van der Waals surface area (Å²) in [7, 11) is -3.13. The van der Waals surface area contributed by atoms with E-state index in [-0.39, 0.29) is 5.75 Å². The van der Waals surface area contributed by atoms with Crippen LogP contribution >= 0.6 is 10.8 Å². The normalized spacial score (nSPS) is 35.5. The highest BCUT2D eigenvalue weighted by Gasteiger charge is 2.78. The molecule has 1 aliphatic rings. The number of aliphatic hydroxyl groups is 4. The van der Waals surface area contributed by atoms with Gasteiger partial charge in [0.2, 0.25) is 0 Å². The summed E-state index contributed by atoms with van der Waals surface area (Å²) >= 11 is 0. The minimum atomic E-state index is -3.55. The zero-order valence-electron chi connectivity index (χ0n) is 17.1. The van der Waals surface area contributed by atoms with Gasteiger partial charge in [-0.25, -0.2) is 8.42 Å². The van der Waals surface area contributed by atoms with E-state index in [1.54, 1.807) is 0 Å². The Morgan fingerprint density at radius 3 is 1.77 bits per heavy atom. The van der Waals surface area contributed by atoms with Crippen LogP contribution in [0.1, 0.15) is 34.1 Å². The van der Waals surface area contributed by atoms with E-state index >= 15 is 0 Å². The zero-order chi connectivity index (χ0) is 23.9. The Hall–Kier alpha value is -1.22. The van der Waals surface area contributed by atoms with Gasteiger partial charge >= 0.3 is 0 Å². The van der Waals surface area contributed by atoms with E-state index in [1.807, 2.05) is 0 Å². The van der Waals surface area contributed by atoms with Crippen LogP contribution in [0.25, 0.3) is 0 Å². The van der Waals surface area contributed by atoms with Gasteiger partial charge in [0, 0.05) is 12.0 Å². The average molecular weight is 471 g/mol. The van der Waals surface area contributed by atoms with Crippen molar-refractivity contribution in [3.05, 3.63) is 0 Å². The lowest BCUT2D eigenvalue weighted by atomic mass is 9.58. The van der Waals surface area contributed by atoms with Crippen molar-refractivity contribution in [2.45, 2.75) is 69.2 Å². The topological polar surface area (TPSA) is 193 Å². The number of ether oxygens (including phenoxy) is 1. The van der Waals surface area contributed by atoms with E-state index in [9.17, 15) is 48.0 Å². The quantitative estimate of drug-likeness (QED) is 0.265. The molecule has 11 nitrogen and oxygen atoms in total. The Morgan fingerprint density at radius 2 is 1.43 bits per heavy atom. The van der Waals surface area contributed by atoms with Crippen LogP contribution in [-0.4, -0.2) is 99.1 Å². The molecule has 4 N–H and O–H groups in total. The van der Waals surface area contributed by atoms with E-state index in [1.165, 1.54) is 0 Å². The van der Waals surface area contributed by atoms with Crippen molar-refractivity contribution in [2.24, 2.45) is 0 Å². The van der Waals surface area contributed by atoms with E-state index < -0.39 is 73.5 Å². The van der Waals surface area contributed by atoms with Crippen molar-refractivity contribution in [1.82, 2.24) is 0 Å². The summed E-state index contributed by atoms with van der Waals surface area (Å²) in [6.45, 7) is 3.09. The third kappa shape index (κ3) is 4.11. The second-order valence-electron chi connectivity index (χ2n) is 7.33. The zero-order valence-corrected chi connectivity index (χ0v) is 18.7. The Labute approximate surface area is 177 Å². The van der Waals surface area contributed by atoms with Gasteiger partial charge in [-0.1, -0.05) is 0 Å². The number of Topliss-reactive ketones (excluding diaryl/α,β-unsaturated/α-hetero) is 4.